The molecule has 92 valence electrons. The van der Waals surface area contributed by atoms with Crippen molar-refractivity contribution < 1.29 is 4.79 Å². The van der Waals surface area contributed by atoms with Crippen molar-refractivity contribution in [2.45, 2.75) is 58.3 Å². The minimum atomic E-state index is -0.0136. The summed E-state index contributed by atoms with van der Waals surface area (Å²) in [6.07, 6.45) is 9.49. The Balaban J connectivity index is 2.04. The standard InChI is InChI=1S/C14H25NO/c1-2-14(9-6-10-15-11-14)13(16)12-7-4-3-5-8-12/h12,15H,2-11H2,1H3. The summed E-state index contributed by atoms with van der Waals surface area (Å²) >= 11 is 0. The van der Waals surface area contributed by atoms with Crippen molar-refractivity contribution in [3.05, 3.63) is 0 Å². The van der Waals surface area contributed by atoms with Gasteiger partial charge in [-0.1, -0.05) is 26.2 Å². The summed E-state index contributed by atoms with van der Waals surface area (Å²) in [7, 11) is 0. The van der Waals surface area contributed by atoms with Crippen LogP contribution in [-0.2, 0) is 4.79 Å². The minimum absolute atomic E-state index is 0.0136. The van der Waals surface area contributed by atoms with Crippen LogP contribution in [0.1, 0.15) is 58.3 Å². The second kappa shape index (κ2) is 5.31. The second-order valence-electron chi connectivity index (χ2n) is 5.61. The number of carbonyl (C=O) groups is 1. The molecule has 1 N–H and O–H groups in total. The molecule has 0 aromatic heterocycles. The number of Topliss-reactive ketones (excluding diaryl/α,β-unsaturated/α-hetero) is 1. The molecule has 2 aliphatic rings. The molecule has 0 aromatic carbocycles. The lowest BCUT2D eigenvalue weighted by Gasteiger charge is -2.39. The van der Waals surface area contributed by atoms with Crippen LogP contribution in [0, 0.1) is 11.3 Å². The third kappa shape index (κ3) is 2.32. The number of piperidine rings is 1. The Bertz CT molecular complexity index is 237. The average molecular weight is 223 g/mol. The van der Waals surface area contributed by atoms with Gasteiger partial charge in [0.1, 0.15) is 5.78 Å². The summed E-state index contributed by atoms with van der Waals surface area (Å²) in [5, 5.41) is 3.43. The molecule has 1 unspecified atom stereocenters. The third-order valence-corrected chi connectivity index (χ3v) is 4.65. The molecule has 1 heterocycles. The van der Waals surface area contributed by atoms with E-state index in [2.05, 4.69) is 12.2 Å². The molecule has 16 heavy (non-hydrogen) atoms. The molecule has 0 amide bonds. The maximum Gasteiger partial charge on any atom is 0.143 e. The van der Waals surface area contributed by atoms with Gasteiger partial charge >= 0.3 is 0 Å². The lowest BCUT2D eigenvalue weighted by atomic mass is 9.68. The SMILES string of the molecule is CCC1(C(=O)C2CCCCC2)CCCNC1. The quantitative estimate of drug-likeness (QED) is 0.797. The highest BCUT2D eigenvalue weighted by Crippen LogP contribution is 2.38. The molecule has 2 rings (SSSR count). The van der Waals surface area contributed by atoms with E-state index in [1.54, 1.807) is 0 Å². The number of nitrogens with one attached hydrogen (secondary N) is 1. The number of hydrogen-bond donors (Lipinski definition) is 1. The second-order valence-corrected chi connectivity index (χ2v) is 5.61. The number of hydrogen-bond acceptors (Lipinski definition) is 2. The molecule has 1 aliphatic heterocycles. The zero-order valence-corrected chi connectivity index (χ0v) is 10.6. The molecule has 2 nitrogen and oxygen atoms in total. The lowest BCUT2D eigenvalue weighted by molar-refractivity contribution is -0.135. The molecule has 0 aromatic rings. The fourth-order valence-electron chi connectivity index (χ4n) is 3.45. The maximum absolute atomic E-state index is 12.7. The molecule has 1 saturated carbocycles. The fourth-order valence-corrected chi connectivity index (χ4v) is 3.45. The summed E-state index contributed by atoms with van der Waals surface area (Å²) in [5.74, 6) is 0.968. The molecule has 0 spiro atoms. The topological polar surface area (TPSA) is 29.1 Å². The van der Waals surface area contributed by atoms with Gasteiger partial charge in [0.15, 0.2) is 0 Å². The van der Waals surface area contributed by atoms with E-state index >= 15 is 0 Å². The number of ketones is 1. The van der Waals surface area contributed by atoms with Gasteiger partial charge in [0.05, 0.1) is 0 Å². The van der Waals surface area contributed by atoms with Crippen molar-refractivity contribution in [1.29, 1.82) is 0 Å². The van der Waals surface area contributed by atoms with Gasteiger partial charge in [-0.25, -0.2) is 0 Å². The molecule has 2 fully saturated rings. The molecule has 0 radical (unpaired) electrons. The van der Waals surface area contributed by atoms with E-state index in [0.717, 1.165) is 38.8 Å². The van der Waals surface area contributed by atoms with Gasteiger partial charge in [-0.15, -0.1) is 0 Å². The van der Waals surface area contributed by atoms with Crippen LogP contribution < -0.4 is 5.32 Å². The van der Waals surface area contributed by atoms with Crippen LogP contribution in [-0.4, -0.2) is 18.9 Å². The average Bonchev–Trinajstić information content (AvgIpc) is 2.39. The van der Waals surface area contributed by atoms with Gasteiger partial charge in [0.2, 0.25) is 0 Å². The smallest absolute Gasteiger partial charge is 0.143 e. The Kier molecular flexibility index (Phi) is 4.01. The van der Waals surface area contributed by atoms with Gasteiger partial charge in [0, 0.05) is 17.9 Å². The monoisotopic (exact) mass is 223 g/mol. The van der Waals surface area contributed by atoms with Crippen LogP contribution in [0.3, 0.4) is 0 Å². The predicted molar refractivity (Wildman–Crippen MR) is 66.4 cm³/mol. The van der Waals surface area contributed by atoms with Crippen LogP contribution in [0.4, 0.5) is 0 Å². The van der Waals surface area contributed by atoms with Gasteiger partial charge in [-0.2, -0.15) is 0 Å². The molecule has 1 saturated heterocycles. The molecule has 2 heteroatoms. The van der Waals surface area contributed by atoms with Crippen molar-refractivity contribution in [2.24, 2.45) is 11.3 Å². The van der Waals surface area contributed by atoms with Crippen LogP contribution >= 0.6 is 0 Å². The van der Waals surface area contributed by atoms with E-state index in [1.165, 1.54) is 25.7 Å². The summed E-state index contributed by atoms with van der Waals surface area (Å²) in [5.41, 5.74) is -0.0136. The summed E-state index contributed by atoms with van der Waals surface area (Å²) in [6, 6.07) is 0. The predicted octanol–water partition coefficient (Wildman–Crippen LogP) is 2.92. The first-order valence-electron chi connectivity index (χ1n) is 7.03. The first-order chi connectivity index (χ1) is 7.78. The van der Waals surface area contributed by atoms with Crippen molar-refractivity contribution in [1.82, 2.24) is 5.32 Å². The summed E-state index contributed by atoms with van der Waals surface area (Å²) in [6.45, 7) is 4.21. The Morgan fingerprint density at radius 3 is 2.56 bits per heavy atom. The highest BCUT2D eigenvalue weighted by Gasteiger charge is 2.41. The van der Waals surface area contributed by atoms with Crippen molar-refractivity contribution in [2.75, 3.05) is 13.1 Å². The van der Waals surface area contributed by atoms with Gasteiger partial charge in [-0.3, -0.25) is 4.79 Å². The molecular formula is C14H25NO. The number of rotatable bonds is 3. The van der Waals surface area contributed by atoms with E-state index < -0.39 is 0 Å². The zero-order valence-electron chi connectivity index (χ0n) is 10.6. The Labute approximate surface area is 99.2 Å². The van der Waals surface area contributed by atoms with E-state index in [0.29, 0.717) is 11.7 Å². The molecular weight excluding hydrogens is 198 g/mol. The third-order valence-electron chi connectivity index (χ3n) is 4.65. The maximum atomic E-state index is 12.7. The van der Waals surface area contributed by atoms with E-state index in [4.69, 9.17) is 0 Å². The molecule has 0 bridgehead atoms. The van der Waals surface area contributed by atoms with Crippen molar-refractivity contribution in [3.8, 4) is 0 Å². The first kappa shape index (κ1) is 12.1. The van der Waals surface area contributed by atoms with Gasteiger partial charge < -0.3 is 5.32 Å². The largest absolute Gasteiger partial charge is 0.316 e. The summed E-state index contributed by atoms with van der Waals surface area (Å²) < 4.78 is 0. The highest BCUT2D eigenvalue weighted by molar-refractivity contribution is 5.87. The first-order valence-corrected chi connectivity index (χ1v) is 7.03. The normalized spacial score (nSPS) is 32.6. The van der Waals surface area contributed by atoms with Crippen LogP contribution in [0.2, 0.25) is 0 Å². The minimum Gasteiger partial charge on any atom is -0.316 e. The van der Waals surface area contributed by atoms with Crippen LogP contribution in [0.5, 0.6) is 0 Å². The van der Waals surface area contributed by atoms with E-state index in [9.17, 15) is 4.79 Å². The number of carbonyl (C=O) groups excluding carboxylic acids is 1. The van der Waals surface area contributed by atoms with E-state index in [-0.39, 0.29) is 5.41 Å². The Hall–Kier alpha value is -0.370. The lowest BCUT2D eigenvalue weighted by Crippen LogP contribution is -2.47. The Morgan fingerprint density at radius 2 is 2.00 bits per heavy atom. The van der Waals surface area contributed by atoms with Crippen LogP contribution in [0.15, 0.2) is 0 Å². The molecule has 1 atom stereocenters. The van der Waals surface area contributed by atoms with Gasteiger partial charge in [0.25, 0.3) is 0 Å². The zero-order chi connectivity index (χ0) is 11.4. The van der Waals surface area contributed by atoms with Crippen molar-refractivity contribution >= 4 is 5.78 Å². The summed E-state index contributed by atoms with van der Waals surface area (Å²) in [4.78, 5) is 12.7. The van der Waals surface area contributed by atoms with E-state index in [1.807, 2.05) is 0 Å². The highest BCUT2D eigenvalue weighted by atomic mass is 16.1. The van der Waals surface area contributed by atoms with Gasteiger partial charge in [-0.05, 0) is 38.6 Å². The molecule has 1 aliphatic carbocycles. The van der Waals surface area contributed by atoms with Crippen LogP contribution in [0.25, 0.3) is 0 Å². The fraction of sp³-hybridized carbons (Fsp3) is 0.929. The van der Waals surface area contributed by atoms with Crippen molar-refractivity contribution in [3.63, 3.8) is 0 Å². The Morgan fingerprint density at radius 1 is 1.25 bits per heavy atom.